The van der Waals surface area contributed by atoms with E-state index in [-0.39, 0.29) is 16.3 Å². The number of aldehydes is 1. The van der Waals surface area contributed by atoms with E-state index in [1.54, 1.807) is 25.1 Å². The van der Waals surface area contributed by atoms with E-state index in [0.717, 1.165) is 44.1 Å². The molecule has 8 heteroatoms. The summed E-state index contributed by atoms with van der Waals surface area (Å²) in [6.07, 6.45) is -0.169. The number of rotatable bonds is 3. The molecule has 2 heterocycles. The number of amides is 1. The van der Waals surface area contributed by atoms with Crippen molar-refractivity contribution < 1.29 is 22.8 Å². The molecule has 168 valence electrons. The first-order chi connectivity index (χ1) is 14.2. The predicted molar refractivity (Wildman–Crippen MR) is 113 cm³/mol. The fraction of sp³-hybridized carbons (Fsp3) is 0.500. The zero-order valence-corrected chi connectivity index (χ0v) is 18.3. The van der Waals surface area contributed by atoms with E-state index < -0.39 is 6.30 Å². The molecule has 3 rings (SSSR count). The highest BCUT2D eigenvalue weighted by Crippen LogP contribution is 2.30. The van der Waals surface area contributed by atoms with Crippen molar-refractivity contribution in [2.24, 2.45) is 0 Å². The SMILES string of the molecule is CC.CC=O.CCCc1cccc(-c2cc(C)nn2C(F)(F)F)c1.O=C1CCCN1. The van der Waals surface area contributed by atoms with Crippen LogP contribution in [0.3, 0.4) is 0 Å². The normalized spacial score (nSPS) is 12.3. The summed E-state index contributed by atoms with van der Waals surface area (Å²) in [5.74, 6) is 0.204. The first-order valence-electron chi connectivity index (χ1n) is 10.1. The third kappa shape index (κ3) is 9.71. The van der Waals surface area contributed by atoms with E-state index >= 15 is 0 Å². The maximum Gasteiger partial charge on any atom is 0.505 e. The van der Waals surface area contributed by atoms with Crippen LogP contribution in [0, 0.1) is 6.92 Å². The lowest BCUT2D eigenvalue weighted by atomic mass is 10.0. The highest BCUT2D eigenvalue weighted by molar-refractivity contribution is 5.77. The predicted octanol–water partition coefficient (Wildman–Crippen LogP) is 5.42. The molecule has 5 nitrogen and oxygen atoms in total. The highest BCUT2D eigenvalue weighted by atomic mass is 19.4. The monoisotopic (exact) mass is 427 g/mol. The van der Waals surface area contributed by atoms with Gasteiger partial charge in [0, 0.05) is 18.5 Å². The van der Waals surface area contributed by atoms with Crippen LogP contribution in [0.5, 0.6) is 0 Å². The molecule has 0 unspecified atom stereocenters. The summed E-state index contributed by atoms with van der Waals surface area (Å²) in [5.41, 5.74) is 2.02. The maximum absolute atomic E-state index is 12.9. The van der Waals surface area contributed by atoms with Gasteiger partial charge in [0.2, 0.25) is 5.91 Å². The van der Waals surface area contributed by atoms with Crippen molar-refractivity contribution in [3.8, 4) is 11.3 Å². The molecule has 1 N–H and O–H groups in total. The Bertz CT molecular complexity index is 763. The molecular weight excluding hydrogens is 395 g/mol. The number of halogens is 3. The standard InChI is InChI=1S/C14H15F3N2.C4H7NO.C2H4O.C2H6/c1-3-5-11-6-4-7-12(9-11)13-8-10(2)18-19(13)14(15,16)17;6-4-2-1-3-5-4;1-2-3;1-2/h4,6-9H,3,5H2,1-2H3;1-3H2,(H,5,6);2H,1H3;1-2H3. The van der Waals surface area contributed by atoms with Gasteiger partial charge in [-0.05, 0) is 44.4 Å². The topological polar surface area (TPSA) is 64.0 Å². The maximum atomic E-state index is 12.9. The van der Waals surface area contributed by atoms with E-state index in [4.69, 9.17) is 4.79 Å². The Morgan fingerprint density at radius 2 is 1.87 bits per heavy atom. The van der Waals surface area contributed by atoms with Gasteiger partial charge in [-0.1, -0.05) is 45.4 Å². The molecule has 0 aliphatic carbocycles. The summed E-state index contributed by atoms with van der Waals surface area (Å²) < 4.78 is 38.8. The smallest absolute Gasteiger partial charge is 0.356 e. The number of hydrogen-bond donors (Lipinski definition) is 1. The molecule has 1 aliphatic rings. The summed E-state index contributed by atoms with van der Waals surface area (Å²) in [4.78, 5) is 18.9. The number of carbonyl (C=O) groups excluding carboxylic acids is 2. The van der Waals surface area contributed by atoms with Crippen LogP contribution in [-0.4, -0.2) is 28.5 Å². The van der Waals surface area contributed by atoms with Crippen LogP contribution in [0.25, 0.3) is 11.3 Å². The van der Waals surface area contributed by atoms with Crippen LogP contribution in [0.4, 0.5) is 13.2 Å². The number of hydrogen-bond acceptors (Lipinski definition) is 3. The van der Waals surface area contributed by atoms with Gasteiger partial charge < -0.3 is 10.1 Å². The Hall–Kier alpha value is -2.64. The van der Waals surface area contributed by atoms with Crippen LogP contribution in [0.1, 0.15) is 58.2 Å². The number of nitrogens with zero attached hydrogens (tertiary/aromatic N) is 2. The van der Waals surface area contributed by atoms with Crippen LogP contribution in [0.2, 0.25) is 0 Å². The second-order valence-corrected chi connectivity index (χ2v) is 6.19. The highest BCUT2D eigenvalue weighted by Gasteiger charge is 2.34. The van der Waals surface area contributed by atoms with E-state index in [9.17, 15) is 18.0 Å². The molecule has 0 bridgehead atoms. The number of carbonyl (C=O) groups is 2. The van der Waals surface area contributed by atoms with E-state index in [1.807, 2.05) is 26.8 Å². The molecule has 1 aromatic heterocycles. The molecule has 1 aromatic carbocycles. The first-order valence-corrected chi connectivity index (χ1v) is 10.1. The molecule has 0 atom stereocenters. The zero-order valence-electron chi connectivity index (χ0n) is 18.3. The van der Waals surface area contributed by atoms with E-state index in [2.05, 4.69) is 10.4 Å². The Morgan fingerprint density at radius 1 is 1.23 bits per heavy atom. The summed E-state index contributed by atoms with van der Waals surface area (Å²) in [7, 11) is 0. The molecule has 1 fully saturated rings. The molecule has 0 saturated carbocycles. The lowest BCUT2D eigenvalue weighted by Gasteiger charge is -2.11. The number of benzene rings is 1. The van der Waals surface area contributed by atoms with Crippen molar-refractivity contribution in [2.75, 3.05) is 6.54 Å². The van der Waals surface area contributed by atoms with Gasteiger partial charge in [-0.25, -0.2) is 0 Å². The fourth-order valence-electron chi connectivity index (χ4n) is 2.64. The summed E-state index contributed by atoms with van der Waals surface area (Å²) in [6, 6.07) is 8.64. The zero-order chi connectivity index (χ0) is 23.2. The number of nitrogens with one attached hydrogen (secondary N) is 1. The minimum Gasteiger partial charge on any atom is -0.356 e. The van der Waals surface area contributed by atoms with Crippen LogP contribution in [0.15, 0.2) is 30.3 Å². The van der Waals surface area contributed by atoms with Crippen LogP contribution in [-0.2, 0) is 22.3 Å². The van der Waals surface area contributed by atoms with Gasteiger partial charge in [0.15, 0.2) is 0 Å². The number of aryl methyl sites for hydroxylation is 2. The average Bonchev–Trinajstić information content (AvgIpc) is 3.33. The minimum atomic E-state index is -4.50. The molecular formula is C22H32F3N3O2. The van der Waals surface area contributed by atoms with Gasteiger partial charge in [-0.15, -0.1) is 13.2 Å². The molecule has 2 aromatic rings. The van der Waals surface area contributed by atoms with Gasteiger partial charge in [0.05, 0.1) is 11.4 Å². The van der Waals surface area contributed by atoms with Gasteiger partial charge >= 0.3 is 6.30 Å². The Labute approximate surface area is 176 Å². The van der Waals surface area contributed by atoms with Gasteiger partial charge in [0.1, 0.15) is 6.29 Å². The van der Waals surface area contributed by atoms with Crippen molar-refractivity contribution in [2.45, 2.75) is 66.6 Å². The summed E-state index contributed by atoms with van der Waals surface area (Å²) in [5, 5.41) is 6.21. The van der Waals surface area contributed by atoms with Gasteiger partial charge in [-0.3, -0.25) is 4.79 Å². The number of aromatic nitrogens is 2. The molecule has 0 spiro atoms. The molecule has 0 radical (unpaired) electrons. The van der Waals surface area contributed by atoms with Crippen molar-refractivity contribution >= 4 is 12.2 Å². The summed E-state index contributed by atoms with van der Waals surface area (Å²) >= 11 is 0. The molecule has 30 heavy (non-hydrogen) atoms. The lowest BCUT2D eigenvalue weighted by molar-refractivity contribution is -0.211. The quantitative estimate of drug-likeness (QED) is 0.666. The lowest BCUT2D eigenvalue weighted by Crippen LogP contribution is -2.19. The van der Waals surface area contributed by atoms with Crippen molar-refractivity contribution in [1.82, 2.24) is 15.1 Å². The third-order valence-corrected chi connectivity index (χ3v) is 3.74. The van der Waals surface area contributed by atoms with E-state index in [1.165, 1.54) is 13.0 Å². The third-order valence-electron chi connectivity index (χ3n) is 3.74. The molecule has 1 saturated heterocycles. The Balaban J connectivity index is 0.000000632. The average molecular weight is 428 g/mol. The second-order valence-electron chi connectivity index (χ2n) is 6.19. The van der Waals surface area contributed by atoms with Gasteiger partial charge in [-0.2, -0.15) is 9.78 Å². The molecule has 1 aliphatic heterocycles. The van der Waals surface area contributed by atoms with Crippen LogP contribution >= 0.6 is 0 Å². The van der Waals surface area contributed by atoms with Crippen LogP contribution < -0.4 is 5.32 Å². The number of alkyl halides is 3. The Morgan fingerprint density at radius 3 is 2.30 bits per heavy atom. The first kappa shape index (κ1) is 27.4. The van der Waals surface area contributed by atoms with Gasteiger partial charge in [0.25, 0.3) is 0 Å². The van der Waals surface area contributed by atoms with Crippen molar-refractivity contribution in [3.63, 3.8) is 0 Å². The fourth-order valence-corrected chi connectivity index (χ4v) is 2.64. The summed E-state index contributed by atoms with van der Waals surface area (Å²) in [6.45, 7) is 9.93. The minimum absolute atomic E-state index is 0.0861. The second kappa shape index (κ2) is 14.4. The molecule has 1 amide bonds. The largest absolute Gasteiger partial charge is 0.505 e. The van der Waals surface area contributed by atoms with Crippen molar-refractivity contribution in [3.05, 3.63) is 41.6 Å². The van der Waals surface area contributed by atoms with Crippen molar-refractivity contribution in [1.29, 1.82) is 0 Å². The van der Waals surface area contributed by atoms with E-state index in [0.29, 0.717) is 11.3 Å². The Kier molecular flexibility index (Phi) is 13.1.